The molecule has 13 heavy (non-hydrogen) atoms. The Morgan fingerprint density at radius 3 is 2.62 bits per heavy atom. The van der Waals surface area contributed by atoms with Crippen molar-refractivity contribution >= 4 is 0 Å². The van der Waals surface area contributed by atoms with Crippen LogP contribution in [0.2, 0.25) is 0 Å². The highest BCUT2D eigenvalue weighted by molar-refractivity contribution is 5.17. The fraction of sp³-hybridized carbons (Fsp3) is 0.455. The van der Waals surface area contributed by atoms with Crippen LogP contribution >= 0.6 is 0 Å². The second kappa shape index (κ2) is 3.88. The maximum Gasteiger partial charge on any atom is 0.126 e. The molecule has 1 aliphatic rings. The molecule has 0 spiro atoms. The van der Waals surface area contributed by atoms with E-state index in [0.29, 0.717) is 0 Å². The first-order valence-electron chi connectivity index (χ1n) is 4.82. The van der Waals surface area contributed by atoms with E-state index in [1.807, 2.05) is 12.1 Å². The van der Waals surface area contributed by atoms with Gasteiger partial charge in [-0.25, -0.2) is 4.39 Å². The molecule has 1 aliphatic heterocycles. The summed E-state index contributed by atoms with van der Waals surface area (Å²) >= 11 is 0. The number of halogens is 1. The van der Waals surface area contributed by atoms with Crippen molar-refractivity contribution in [3.63, 3.8) is 0 Å². The van der Waals surface area contributed by atoms with Gasteiger partial charge in [0.2, 0.25) is 0 Å². The van der Waals surface area contributed by atoms with Crippen molar-refractivity contribution < 1.29 is 4.39 Å². The van der Waals surface area contributed by atoms with E-state index in [1.54, 1.807) is 6.07 Å². The second-order valence-electron chi connectivity index (χ2n) is 3.54. The van der Waals surface area contributed by atoms with Gasteiger partial charge in [0.05, 0.1) is 0 Å². The van der Waals surface area contributed by atoms with Crippen LogP contribution < -0.4 is 0 Å². The Morgan fingerprint density at radius 1 is 1.23 bits per heavy atom. The predicted octanol–water partition coefficient (Wildman–Crippen LogP) is 2.07. The van der Waals surface area contributed by atoms with Crippen LogP contribution in [0, 0.1) is 5.82 Å². The summed E-state index contributed by atoms with van der Waals surface area (Å²) in [7, 11) is 0. The molecule has 0 radical (unpaired) electrons. The quantitative estimate of drug-likeness (QED) is 0.686. The first-order chi connectivity index (χ1) is 6.36. The molecule has 1 saturated heterocycles. The lowest BCUT2D eigenvalue weighted by Crippen LogP contribution is -2.38. The van der Waals surface area contributed by atoms with Crippen LogP contribution in [0.3, 0.4) is 0 Å². The lowest BCUT2D eigenvalue weighted by Gasteiger charge is -2.30. The summed E-state index contributed by atoms with van der Waals surface area (Å²) in [6.07, 6.45) is 2.14. The Hall–Kier alpha value is -0.890. The molecule has 0 atom stereocenters. The number of hydrogen-bond donors (Lipinski definition) is 0. The van der Waals surface area contributed by atoms with Crippen molar-refractivity contribution in [1.29, 1.82) is 0 Å². The van der Waals surface area contributed by atoms with E-state index < -0.39 is 0 Å². The molecule has 2 heteroatoms. The minimum absolute atomic E-state index is 0.0666. The third-order valence-electron chi connectivity index (χ3n) is 2.60. The largest absolute Gasteiger partial charge is 0.303 e. The van der Waals surface area contributed by atoms with E-state index in [4.69, 9.17) is 0 Å². The van der Waals surface area contributed by atoms with Gasteiger partial charge >= 0.3 is 0 Å². The Kier molecular flexibility index (Phi) is 2.60. The van der Waals surface area contributed by atoms with E-state index >= 15 is 0 Å². The molecule has 1 aromatic rings. The molecule has 0 N–H and O–H groups in total. The van der Waals surface area contributed by atoms with Crippen LogP contribution in [-0.4, -0.2) is 24.5 Å². The SMILES string of the molecule is Fc1ccccc1CCN1CCC1. The molecule has 1 nitrogen and oxygen atoms in total. The highest BCUT2D eigenvalue weighted by Gasteiger charge is 2.13. The average molecular weight is 179 g/mol. The highest BCUT2D eigenvalue weighted by Crippen LogP contribution is 2.10. The maximum absolute atomic E-state index is 13.1. The Morgan fingerprint density at radius 2 is 2.00 bits per heavy atom. The molecule has 1 heterocycles. The van der Waals surface area contributed by atoms with Crippen LogP contribution in [0.1, 0.15) is 12.0 Å². The van der Waals surface area contributed by atoms with Crippen molar-refractivity contribution in [2.24, 2.45) is 0 Å². The highest BCUT2D eigenvalue weighted by atomic mass is 19.1. The van der Waals surface area contributed by atoms with E-state index in [2.05, 4.69) is 4.90 Å². The van der Waals surface area contributed by atoms with Gasteiger partial charge in [0.15, 0.2) is 0 Å². The van der Waals surface area contributed by atoms with Gasteiger partial charge in [-0.05, 0) is 37.6 Å². The summed E-state index contributed by atoms with van der Waals surface area (Å²) in [5.41, 5.74) is 0.842. The molecule has 0 aromatic heterocycles. The smallest absolute Gasteiger partial charge is 0.126 e. The van der Waals surface area contributed by atoms with E-state index in [9.17, 15) is 4.39 Å². The van der Waals surface area contributed by atoms with Crippen molar-refractivity contribution in [2.45, 2.75) is 12.8 Å². The van der Waals surface area contributed by atoms with Gasteiger partial charge in [-0.15, -0.1) is 0 Å². The summed E-state index contributed by atoms with van der Waals surface area (Å²) < 4.78 is 13.1. The predicted molar refractivity (Wildman–Crippen MR) is 51.2 cm³/mol. The van der Waals surface area contributed by atoms with Crippen LogP contribution in [0.4, 0.5) is 4.39 Å². The summed E-state index contributed by atoms with van der Waals surface area (Å²) in [6.45, 7) is 3.38. The van der Waals surface area contributed by atoms with Gasteiger partial charge in [-0.1, -0.05) is 18.2 Å². The number of hydrogen-bond acceptors (Lipinski definition) is 1. The van der Waals surface area contributed by atoms with Crippen molar-refractivity contribution in [2.75, 3.05) is 19.6 Å². The van der Waals surface area contributed by atoms with Crippen molar-refractivity contribution in [1.82, 2.24) is 4.90 Å². The molecular formula is C11H14FN. The molecule has 2 rings (SSSR count). The Balaban J connectivity index is 1.89. The molecule has 0 saturated carbocycles. The van der Waals surface area contributed by atoms with Gasteiger partial charge in [0.1, 0.15) is 5.82 Å². The zero-order valence-electron chi connectivity index (χ0n) is 7.67. The summed E-state index contributed by atoms with van der Waals surface area (Å²) in [6, 6.07) is 7.04. The normalized spacial score (nSPS) is 17.0. The van der Waals surface area contributed by atoms with Gasteiger partial charge < -0.3 is 4.90 Å². The van der Waals surface area contributed by atoms with E-state index in [0.717, 1.165) is 18.5 Å². The fourth-order valence-corrected chi connectivity index (χ4v) is 1.59. The molecule has 0 unspecified atom stereocenters. The second-order valence-corrected chi connectivity index (χ2v) is 3.54. The minimum atomic E-state index is -0.0666. The lowest BCUT2D eigenvalue weighted by atomic mass is 10.1. The van der Waals surface area contributed by atoms with Crippen molar-refractivity contribution in [3.05, 3.63) is 35.6 Å². The molecule has 1 fully saturated rings. The maximum atomic E-state index is 13.1. The standard InChI is InChI=1S/C11H14FN/c12-11-5-2-1-4-10(11)6-9-13-7-3-8-13/h1-2,4-5H,3,6-9H2. The van der Waals surface area contributed by atoms with Crippen LogP contribution in [0.25, 0.3) is 0 Å². The number of benzene rings is 1. The monoisotopic (exact) mass is 179 g/mol. The molecular weight excluding hydrogens is 165 g/mol. The minimum Gasteiger partial charge on any atom is -0.303 e. The van der Waals surface area contributed by atoms with Crippen molar-refractivity contribution in [3.8, 4) is 0 Å². The third kappa shape index (κ3) is 2.07. The van der Waals surface area contributed by atoms with Gasteiger partial charge in [-0.2, -0.15) is 0 Å². The van der Waals surface area contributed by atoms with E-state index in [-0.39, 0.29) is 5.82 Å². The Labute approximate surface area is 78.2 Å². The van der Waals surface area contributed by atoms with Crippen LogP contribution in [-0.2, 0) is 6.42 Å². The van der Waals surface area contributed by atoms with Gasteiger partial charge in [0.25, 0.3) is 0 Å². The first kappa shape index (κ1) is 8.70. The fourth-order valence-electron chi connectivity index (χ4n) is 1.59. The lowest BCUT2D eigenvalue weighted by molar-refractivity contribution is 0.183. The van der Waals surface area contributed by atoms with Gasteiger partial charge in [0, 0.05) is 6.54 Å². The molecule has 1 aromatic carbocycles. The number of rotatable bonds is 3. The molecule has 0 aliphatic carbocycles. The average Bonchev–Trinajstić information content (AvgIpc) is 2.05. The Bertz CT molecular complexity index is 281. The third-order valence-corrected chi connectivity index (χ3v) is 2.60. The zero-order chi connectivity index (χ0) is 9.10. The molecule has 0 bridgehead atoms. The topological polar surface area (TPSA) is 3.24 Å². The van der Waals surface area contributed by atoms with E-state index in [1.165, 1.54) is 25.6 Å². The summed E-state index contributed by atoms with van der Waals surface area (Å²) in [5.74, 6) is -0.0666. The van der Waals surface area contributed by atoms with Gasteiger partial charge in [-0.3, -0.25) is 0 Å². The van der Waals surface area contributed by atoms with Crippen LogP contribution in [0.5, 0.6) is 0 Å². The summed E-state index contributed by atoms with van der Waals surface area (Å²) in [5, 5.41) is 0. The summed E-state index contributed by atoms with van der Waals surface area (Å²) in [4.78, 5) is 2.35. The number of nitrogens with zero attached hydrogens (tertiary/aromatic N) is 1. The number of likely N-dealkylation sites (tertiary alicyclic amines) is 1. The molecule has 0 amide bonds. The zero-order valence-corrected chi connectivity index (χ0v) is 7.67. The van der Waals surface area contributed by atoms with Crippen LogP contribution in [0.15, 0.2) is 24.3 Å². The molecule has 70 valence electrons. The first-order valence-corrected chi connectivity index (χ1v) is 4.82.